The predicted molar refractivity (Wildman–Crippen MR) is 61.7 cm³/mol. The van der Waals surface area contributed by atoms with E-state index in [9.17, 15) is 17.6 Å². The van der Waals surface area contributed by atoms with E-state index in [1.54, 1.807) is 0 Å². The Bertz CT molecular complexity index is 386. The lowest BCUT2D eigenvalue weighted by Gasteiger charge is -2.24. The molecule has 0 unspecified atom stereocenters. The standard InChI is InChI=1S/C11H15F4N3/c12-9-7-8(11(13,14)15)1-2-10(9)18(5-3-16)6-4-17/h1-2,7H,3-6,16-17H2. The van der Waals surface area contributed by atoms with E-state index in [1.807, 2.05) is 0 Å². The van der Waals surface area contributed by atoms with Gasteiger partial charge in [0.1, 0.15) is 5.82 Å². The van der Waals surface area contributed by atoms with E-state index in [-0.39, 0.29) is 18.8 Å². The average Bonchev–Trinajstić information content (AvgIpc) is 2.27. The maximum absolute atomic E-state index is 13.7. The number of nitrogens with zero attached hydrogens (tertiary/aromatic N) is 1. The van der Waals surface area contributed by atoms with E-state index >= 15 is 0 Å². The molecule has 0 radical (unpaired) electrons. The van der Waals surface area contributed by atoms with Crippen LogP contribution in [0.15, 0.2) is 18.2 Å². The van der Waals surface area contributed by atoms with Gasteiger partial charge in [0.25, 0.3) is 0 Å². The molecule has 4 N–H and O–H groups in total. The Morgan fingerprint density at radius 1 is 1.06 bits per heavy atom. The smallest absolute Gasteiger partial charge is 0.367 e. The summed E-state index contributed by atoms with van der Waals surface area (Å²) in [7, 11) is 0. The van der Waals surface area contributed by atoms with Crippen molar-refractivity contribution in [1.29, 1.82) is 0 Å². The van der Waals surface area contributed by atoms with Gasteiger partial charge in [-0.15, -0.1) is 0 Å². The first-order valence-electron chi connectivity index (χ1n) is 5.42. The number of halogens is 4. The lowest BCUT2D eigenvalue weighted by molar-refractivity contribution is -0.137. The second-order valence-electron chi connectivity index (χ2n) is 3.73. The molecule has 0 aliphatic rings. The summed E-state index contributed by atoms with van der Waals surface area (Å²) in [6.45, 7) is 1.19. The number of anilines is 1. The Morgan fingerprint density at radius 2 is 1.61 bits per heavy atom. The van der Waals surface area contributed by atoms with E-state index < -0.39 is 17.6 Å². The minimum absolute atomic E-state index is 0.0823. The van der Waals surface area contributed by atoms with E-state index in [4.69, 9.17) is 11.5 Å². The molecule has 0 amide bonds. The van der Waals surface area contributed by atoms with Crippen LogP contribution in [-0.4, -0.2) is 26.2 Å². The molecule has 1 aromatic rings. The molecule has 18 heavy (non-hydrogen) atoms. The molecule has 0 heterocycles. The van der Waals surface area contributed by atoms with Crippen LogP contribution in [0.4, 0.5) is 23.2 Å². The van der Waals surface area contributed by atoms with E-state index in [2.05, 4.69) is 0 Å². The van der Waals surface area contributed by atoms with Crippen LogP contribution < -0.4 is 16.4 Å². The van der Waals surface area contributed by atoms with Crippen molar-refractivity contribution in [2.45, 2.75) is 6.18 Å². The lowest BCUT2D eigenvalue weighted by Crippen LogP contribution is -2.34. The molecule has 3 nitrogen and oxygen atoms in total. The Morgan fingerprint density at radius 3 is 2.00 bits per heavy atom. The zero-order valence-corrected chi connectivity index (χ0v) is 9.67. The third kappa shape index (κ3) is 3.58. The van der Waals surface area contributed by atoms with Gasteiger partial charge in [-0.05, 0) is 18.2 Å². The van der Waals surface area contributed by atoms with Crippen LogP contribution in [-0.2, 0) is 6.18 Å². The van der Waals surface area contributed by atoms with Gasteiger partial charge in [0, 0.05) is 26.2 Å². The molecule has 0 saturated carbocycles. The third-order valence-corrected chi connectivity index (χ3v) is 2.41. The van der Waals surface area contributed by atoms with Gasteiger partial charge in [-0.3, -0.25) is 0 Å². The number of rotatable bonds is 5. The molecule has 0 bridgehead atoms. The number of benzene rings is 1. The van der Waals surface area contributed by atoms with Crippen molar-refractivity contribution in [1.82, 2.24) is 0 Å². The minimum atomic E-state index is -4.55. The molecular weight excluding hydrogens is 250 g/mol. The van der Waals surface area contributed by atoms with Gasteiger partial charge in [0.05, 0.1) is 11.3 Å². The van der Waals surface area contributed by atoms with Gasteiger partial charge in [-0.1, -0.05) is 0 Å². The summed E-state index contributed by atoms with van der Waals surface area (Å²) in [6.07, 6.45) is -4.55. The number of nitrogens with two attached hydrogens (primary N) is 2. The van der Waals surface area contributed by atoms with Crippen molar-refractivity contribution in [3.8, 4) is 0 Å². The topological polar surface area (TPSA) is 55.3 Å². The van der Waals surface area contributed by atoms with Crippen molar-refractivity contribution in [2.75, 3.05) is 31.1 Å². The maximum atomic E-state index is 13.7. The van der Waals surface area contributed by atoms with Crippen molar-refractivity contribution in [3.05, 3.63) is 29.6 Å². The highest BCUT2D eigenvalue weighted by Crippen LogP contribution is 2.32. The van der Waals surface area contributed by atoms with Gasteiger partial charge in [0.15, 0.2) is 0 Å². The van der Waals surface area contributed by atoms with Crippen LogP contribution in [0.3, 0.4) is 0 Å². The lowest BCUT2D eigenvalue weighted by atomic mass is 10.1. The Kier molecular flexibility index (Phi) is 4.92. The molecule has 102 valence electrons. The highest BCUT2D eigenvalue weighted by atomic mass is 19.4. The van der Waals surface area contributed by atoms with Crippen LogP contribution in [0.5, 0.6) is 0 Å². The van der Waals surface area contributed by atoms with E-state index in [1.165, 1.54) is 4.90 Å². The van der Waals surface area contributed by atoms with Crippen LogP contribution in [0.25, 0.3) is 0 Å². The molecule has 1 rings (SSSR count). The van der Waals surface area contributed by atoms with Gasteiger partial charge >= 0.3 is 6.18 Å². The maximum Gasteiger partial charge on any atom is 0.416 e. The third-order valence-electron chi connectivity index (χ3n) is 2.41. The summed E-state index contributed by atoms with van der Waals surface area (Å²) in [5.74, 6) is -0.924. The van der Waals surface area contributed by atoms with Crippen molar-refractivity contribution < 1.29 is 17.6 Å². The first kappa shape index (κ1) is 14.7. The normalized spacial score (nSPS) is 11.7. The van der Waals surface area contributed by atoms with Crippen molar-refractivity contribution in [3.63, 3.8) is 0 Å². The monoisotopic (exact) mass is 265 g/mol. The zero-order chi connectivity index (χ0) is 13.8. The first-order chi connectivity index (χ1) is 8.40. The quantitative estimate of drug-likeness (QED) is 0.794. The van der Waals surface area contributed by atoms with Gasteiger partial charge in [0.2, 0.25) is 0 Å². The highest BCUT2D eigenvalue weighted by molar-refractivity contribution is 5.49. The summed E-state index contributed by atoms with van der Waals surface area (Å²) >= 11 is 0. The Balaban J connectivity index is 3.03. The SMILES string of the molecule is NCCN(CCN)c1ccc(C(F)(F)F)cc1F. The number of hydrogen-bond acceptors (Lipinski definition) is 3. The van der Waals surface area contributed by atoms with E-state index in [0.29, 0.717) is 19.2 Å². The summed E-state index contributed by atoms with van der Waals surface area (Å²) in [6, 6.07) is 2.43. The molecule has 0 aromatic heterocycles. The Hall–Kier alpha value is -1.34. The van der Waals surface area contributed by atoms with Crippen LogP contribution in [0.1, 0.15) is 5.56 Å². The van der Waals surface area contributed by atoms with Crippen molar-refractivity contribution >= 4 is 5.69 Å². The molecule has 0 fully saturated rings. The molecule has 0 spiro atoms. The second kappa shape index (κ2) is 6.01. The summed E-state index contributed by atoms with van der Waals surface area (Å²) in [5.41, 5.74) is 9.79. The largest absolute Gasteiger partial charge is 0.416 e. The molecule has 1 aromatic carbocycles. The fourth-order valence-electron chi connectivity index (χ4n) is 1.60. The van der Waals surface area contributed by atoms with Gasteiger partial charge in [-0.2, -0.15) is 13.2 Å². The average molecular weight is 265 g/mol. The van der Waals surface area contributed by atoms with Crippen LogP contribution in [0.2, 0.25) is 0 Å². The van der Waals surface area contributed by atoms with Crippen LogP contribution >= 0.6 is 0 Å². The number of alkyl halides is 3. The molecule has 0 aliphatic heterocycles. The highest BCUT2D eigenvalue weighted by Gasteiger charge is 2.31. The van der Waals surface area contributed by atoms with Crippen LogP contribution in [0, 0.1) is 5.82 Å². The van der Waals surface area contributed by atoms with Crippen molar-refractivity contribution in [2.24, 2.45) is 11.5 Å². The van der Waals surface area contributed by atoms with Gasteiger partial charge < -0.3 is 16.4 Å². The van der Waals surface area contributed by atoms with E-state index in [0.717, 1.165) is 12.1 Å². The predicted octanol–water partition coefficient (Wildman–Crippen LogP) is 1.57. The minimum Gasteiger partial charge on any atom is -0.367 e. The number of hydrogen-bond donors (Lipinski definition) is 2. The second-order valence-corrected chi connectivity index (χ2v) is 3.73. The molecule has 0 atom stereocenters. The molecular formula is C11H15F4N3. The fraction of sp³-hybridized carbons (Fsp3) is 0.455. The molecule has 0 saturated heterocycles. The summed E-state index contributed by atoms with van der Waals surface area (Å²) in [4.78, 5) is 1.52. The Labute approximate surface area is 102 Å². The van der Waals surface area contributed by atoms with Gasteiger partial charge in [-0.25, -0.2) is 4.39 Å². The molecule has 0 aliphatic carbocycles. The molecule has 7 heteroatoms. The fourth-order valence-corrected chi connectivity index (χ4v) is 1.60. The first-order valence-corrected chi connectivity index (χ1v) is 5.42. The zero-order valence-electron chi connectivity index (χ0n) is 9.67. The summed E-state index contributed by atoms with van der Waals surface area (Å²) in [5, 5.41) is 0. The summed E-state index contributed by atoms with van der Waals surface area (Å²) < 4.78 is 50.8.